The number of hydrogen-bond acceptors (Lipinski definition) is 4. The zero-order valence-corrected chi connectivity index (χ0v) is 9.96. The number of aryl methyl sites for hydroxylation is 1. The number of nitrogens with two attached hydrogens (primary N) is 1. The molecule has 0 bridgehead atoms. The van der Waals surface area contributed by atoms with Crippen molar-refractivity contribution in [1.82, 2.24) is 0 Å². The zero-order chi connectivity index (χ0) is 11.1. The van der Waals surface area contributed by atoms with Crippen LogP contribution < -0.4 is 10.6 Å². The molecule has 4 nitrogen and oxygen atoms in total. The van der Waals surface area contributed by atoms with Crippen LogP contribution in [0, 0.1) is 0 Å². The lowest BCUT2D eigenvalue weighted by atomic mass is 10.1. The fraction of sp³-hybridized carbons (Fsp3) is 0.364. The molecule has 0 amide bonds. The highest BCUT2D eigenvalue weighted by molar-refractivity contribution is 5.85. The van der Waals surface area contributed by atoms with Crippen molar-refractivity contribution in [2.45, 2.75) is 19.8 Å². The number of halogens is 1. The normalized spacial score (nSPS) is 9.12. The predicted octanol–water partition coefficient (Wildman–Crippen LogP) is 1.86. The van der Waals surface area contributed by atoms with Crippen LogP contribution in [0.3, 0.4) is 0 Å². The second kappa shape index (κ2) is 7.96. The van der Waals surface area contributed by atoms with E-state index in [1.807, 2.05) is 12.1 Å². The minimum Gasteiger partial charge on any atom is -0.330 e. The highest BCUT2D eigenvalue weighted by atomic mass is 35.5. The van der Waals surface area contributed by atoms with Crippen molar-refractivity contribution < 1.29 is 14.6 Å². The largest absolute Gasteiger partial charge is 0.352 e. The Morgan fingerprint density at radius 3 is 2.44 bits per heavy atom. The second-order valence-corrected chi connectivity index (χ2v) is 3.19. The molecule has 90 valence electrons. The molecule has 0 radical (unpaired) electrons. The van der Waals surface area contributed by atoms with Gasteiger partial charge in [0.05, 0.1) is 0 Å². The Morgan fingerprint density at radius 1 is 1.31 bits per heavy atom. The van der Waals surface area contributed by atoms with E-state index in [4.69, 9.17) is 10.6 Å². The Morgan fingerprint density at radius 2 is 1.94 bits per heavy atom. The Labute approximate surface area is 101 Å². The van der Waals surface area contributed by atoms with Gasteiger partial charge in [-0.15, -0.1) is 12.4 Å². The topological polar surface area (TPSA) is 61.5 Å². The summed E-state index contributed by atoms with van der Waals surface area (Å²) in [5.74, 6) is 0.0453. The average Bonchev–Trinajstić information content (AvgIpc) is 2.25. The third-order valence-electron chi connectivity index (χ3n) is 1.85. The summed E-state index contributed by atoms with van der Waals surface area (Å²) >= 11 is 0. The summed E-state index contributed by atoms with van der Waals surface area (Å²) in [6, 6.07) is 7.37. The van der Waals surface area contributed by atoms with Crippen LogP contribution in [0.5, 0.6) is 5.75 Å². The molecule has 16 heavy (non-hydrogen) atoms. The number of carbonyl (C=O) groups excluding carboxylic acids is 1. The van der Waals surface area contributed by atoms with Gasteiger partial charge in [0.2, 0.25) is 0 Å². The van der Waals surface area contributed by atoms with Crippen molar-refractivity contribution in [2.24, 2.45) is 5.73 Å². The van der Waals surface area contributed by atoms with Gasteiger partial charge in [0, 0.05) is 6.92 Å². The van der Waals surface area contributed by atoms with Gasteiger partial charge in [0.25, 0.3) is 0 Å². The maximum atomic E-state index is 10.5. The van der Waals surface area contributed by atoms with Crippen LogP contribution in [0.2, 0.25) is 0 Å². The van der Waals surface area contributed by atoms with Crippen LogP contribution >= 0.6 is 12.4 Å². The first-order valence-corrected chi connectivity index (χ1v) is 4.86. The summed E-state index contributed by atoms with van der Waals surface area (Å²) in [4.78, 5) is 19.6. The van der Waals surface area contributed by atoms with Gasteiger partial charge in [-0.1, -0.05) is 12.1 Å². The molecule has 0 saturated heterocycles. The van der Waals surface area contributed by atoms with Gasteiger partial charge in [-0.05, 0) is 37.1 Å². The molecule has 0 saturated carbocycles. The molecule has 0 aliphatic rings. The average molecular weight is 246 g/mol. The summed E-state index contributed by atoms with van der Waals surface area (Å²) in [6.07, 6.45) is 1.91. The summed E-state index contributed by atoms with van der Waals surface area (Å²) in [5.41, 5.74) is 6.60. The van der Waals surface area contributed by atoms with Crippen LogP contribution in [-0.2, 0) is 16.1 Å². The maximum absolute atomic E-state index is 10.5. The highest BCUT2D eigenvalue weighted by Crippen LogP contribution is 2.13. The molecule has 2 N–H and O–H groups in total. The fourth-order valence-corrected chi connectivity index (χ4v) is 1.12. The van der Waals surface area contributed by atoms with E-state index >= 15 is 0 Å². The van der Waals surface area contributed by atoms with E-state index in [1.54, 1.807) is 12.1 Å². The fourth-order valence-electron chi connectivity index (χ4n) is 1.12. The zero-order valence-electron chi connectivity index (χ0n) is 9.14. The van der Waals surface area contributed by atoms with Gasteiger partial charge in [0.15, 0.2) is 5.75 Å². The van der Waals surface area contributed by atoms with Crippen LogP contribution in [0.4, 0.5) is 0 Å². The van der Waals surface area contributed by atoms with Gasteiger partial charge in [-0.25, -0.2) is 4.79 Å². The first-order chi connectivity index (χ1) is 7.22. The van der Waals surface area contributed by atoms with E-state index in [9.17, 15) is 4.79 Å². The Balaban J connectivity index is 0.00000225. The number of rotatable bonds is 5. The Hall–Kier alpha value is -1.26. The van der Waals surface area contributed by atoms with E-state index in [0.29, 0.717) is 12.3 Å². The number of carbonyl (C=O) groups is 1. The smallest absolute Gasteiger partial charge is 0.330 e. The van der Waals surface area contributed by atoms with Gasteiger partial charge in [-0.2, -0.15) is 0 Å². The van der Waals surface area contributed by atoms with Gasteiger partial charge in [-0.3, -0.25) is 9.78 Å². The Bertz CT molecular complexity index is 314. The summed E-state index contributed by atoms with van der Waals surface area (Å²) in [7, 11) is 0. The molecule has 0 spiro atoms. The molecular weight excluding hydrogens is 230 g/mol. The van der Waals surface area contributed by atoms with Crippen LogP contribution in [0.1, 0.15) is 18.9 Å². The van der Waals surface area contributed by atoms with Crippen molar-refractivity contribution in [1.29, 1.82) is 0 Å². The Kier molecular flexibility index (Phi) is 7.33. The van der Waals surface area contributed by atoms with E-state index in [2.05, 4.69) is 4.89 Å². The highest BCUT2D eigenvalue weighted by Gasteiger charge is 1.98. The molecule has 0 aliphatic heterocycles. The number of hydrogen-bond donors (Lipinski definition) is 1. The van der Waals surface area contributed by atoms with Crippen molar-refractivity contribution in [3.05, 3.63) is 29.8 Å². The third kappa shape index (κ3) is 5.58. The van der Waals surface area contributed by atoms with Gasteiger partial charge in [0.1, 0.15) is 0 Å². The quantitative estimate of drug-likeness (QED) is 0.635. The van der Waals surface area contributed by atoms with Crippen LogP contribution in [0.15, 0.2) is 24.3 Å². The monoisotopic (exact) mass is 245 g/mol. The maximum Gasteiger partial charge on any atom is 0.352 e. The molecule has 1 aromatic carbocycles. The van der Waals surface area contributed by atoms with Crippen molar-refractivity contribution >= 4 is 18.4 Å². The van der Waals surface area contributed by atoms with E-state index < -0.39 is 5.97 Å². The molecule has 0 fully saturated rings. The molecule has 0 heterocycles. The lowest BCUT2D eigenvalue weighted by Crippen LogP contribution is -2.03. The van der Waals surface area contributed by atoms with Crippen molar-refractivity contribution in [3.63, 3.8) is 0 Å². The standard InChI is InChI=1S/C11H15NO3.ClH/c1-9(13)14-15-11-6-4-10(5-7-11)3-2-8-12;/h4-7H,2-3,8,12H2,1H3;1H. The van der Waals surface area contributed by atoms with Gasteiger partial charge >= 0.3 is 5.97 Å². The molecule has 1 aromatic rings. The lowest BCUT2D eigenvalue weighted by molar-refractivity contribution is -0.210. The van der Waals surface area contributed by atoms with E-state index in [-0.39, 0.29) is 12.4 Å². The lowest BCUT2D eigenvalue weighted by Gasteiger charge is -2.03. The minimum absolute atomic E-state index is 0. The summed E-state index contributed by atoms with van der Waals surface area (Å²) in [6.45, 7) is 1.97. The van der Waals surface area contributed by atoms with Crippen LogP contribution in [0.25, 0.3) is 0 Å². The second-order valence-electron chi connectivity index (χ2n) is 3.19. The molecule has 0 aliphatic carbocycles. The first-order valence-electron chi connectivity index (χ1n) is 4.86. The van der Waals surface area contributed by atoms with Crippen molar-refractivity contribution in [3.8, 4) is 5.75 Å². The van der Waals surface area contributed by atoms with Gasteiger partial charge < -0.3 is 5.73 Å². The summed E-state index contributed by atoms with van der Waals surface area (Å²) in [5, 5.41) is 0. The van der Waals surface area contributed by atoms with Crippen LogP contribution in [-0.4, -0.2) is 12.5 Å². The summed E-state index contributed by atoms with van der Waals surface area (Å²) < 4.78 is 0. The SMILES string of the molecule is CC(=O)OOc1ccc(CCCN)cc1.Cl. The first kappa shape index (κ1) is 14.7. The molecule has 0 atom stereocenters. The molecule has 0 aromatic heterocycles. The molecule has 1 rings (SSSR count). The number of benzene rings is 1. The van der Waals surface area contributed by atoms with E-state index in [1.165, 1.54) is 12.5 Å². The van der Waals surface area contributed by atoms with E-state index in [0.717, 1.165) is 12.8 Å². The van der Waals surface area contributed by atoms with Crippen molar-refractivity contribution in [2.75, 3.05) is 6.54 Å². The molecule has 0 unspecified atom stereocenters. The minimum atomic E-state index is -0.470. The molecular formula is C11H16ClNO3. The molecule has 5 heteroatoms. The predicted molar refractivity (Wildman–Crippen MR) is 63.5 cm³/mol. The third-order valence-corrected chi connectivity index (χ3v) is 1.85.